The highest BCUT2D eigenvalue weighted by molar-refractivity contribution is 6.08. The van der Waals surface area contributed by atoms with Crippen molar-refractivity contribution >= 4 is 17.7 Å². The summed E-state index contributed by atoms with van der Waals surface area (Å²) in [6.07, 6.45) is 3.91. The Hall–Kier alpha value is -2.47. The van der Waals surface area contributed by atoms with Crippen LogP contribution < -0.4 is 5.43 Å². The number of ether oxygens (including phenoxy) is 1. The molecular weight excluding hydrogens is 320 g/mol. The fourth-order valence-corrected chi connectivity index (χ4v) is 5.31. The van der Waals surface area contributed by atoms with Crippen molar-refractivity contribution in [2.45, 2.75) is 24.5 Å². The number of imide groups is 1. The topological polar surface area (TPSA) is 75.7 Å². The zero-order valence-electron chi connectivity index (χ0n) is 13.3. The molecule has 3 aliphatic heterocycles. The van der Waals surface area contributed by atoms with Crippen LogP contribution in [0.2, 0.25) is 0 Å². The van der Waals surface area contributed by atoms with E-state index in [-0.39, 0.29) is 41.8 Å². The number of hydrazine groups is 1. The van der Waals surface area contributed by atoms with Gasteiger partial charge in [-0.2, -0.15) is 5.01 Å². The first kappa shape index (κ1) is 13.8. The van der Waals surface area contributed by atoms with Gasteiger partial charge in [0.1, 0.15) is 0 Å². The SMILES string of the molecule is O=C(NN1C(=O)C2C3C=CC(O3)C2C1=O)C1C2Cc3ccccc3C21. The lowest BCUT2D eigenvalue weighted by atomic mass is 9.85. The largest absolute Gasteiger partial charge is 0.365 e. The standard InChI is InChI=1S/C19H16N2O4/c22-17(14-10-7-8-3-1-2-4-9(8)13(10)14)20-21-18(23)15-11-5-6-12(25-11)16(15)19(21)24/h1-6,10-16H,7H2,(H,20,22). The average Bonchev–Trinajstić information content (AvgIpc) is 3.01. The molecule has 6 rings (SSSR count). The summed E-state index contributed by atoms with van der Waals surface area (Å²) in [5, 5.41) is 0.952. The molecule has 2 aliphatic carbocycles. The van der Waals surface area contributed by atoms with Gasteiger partial charge in [0.05, 0.1) is 30.0 Å². The van der Waals surface area contributed by atoms with E-state index in [1.165, 1.54) is 11.1 Å². The minimum Gasteiger partial charge on any atom is -0.365 e. The van der Waals surface area contributed by atoms with Crippen LogP contribution >= 0.6 is 0 Å². The number of hydrogen-bond acceptors (Lipinski definition) is 4. The summed E-state index contributed by atoms with van der Waals surface area (Å²) in [7, 11) is 0. The molecule has 2 saturated heterocycles. The van der Waals surface area contributed by atoms with E-state index in [0.717, 1.165) is 11.4 Å². The number of amides is 3. The third kappa shape index (κ3) is 1.60. The molecule has 126 valence electrons. The lowest BCUT2D eigenvalue weighted by molar-refractivity contribution is -0.151. The Morgan fingerprint density at radius 1 is 1.04 bits per heavy atom. The Morgan fingerprint density at radius 3 is 2.44 bits per heavy atom. The summed E-state index contributed by atoms with van der Waals surface area (Å²) < 4.78 is 5.60. The molecule has 1 aromatic carbocycles. The molecule has 3 heterocycles. The van der Waals surface area contributed by atoms with Crippen LogP contribution in [0.3, 0.4) is 0 Å². The highest BCUT2D eigenvalue weighted by Crippen LogP contribution is 2.61. The Balaban J connectivity index is 1.21. The predicted molar refractivity (Wildman–Crippen MR) is 84.6 cm³/mol. The van der Waals surface area contributed by atoms with E-state index in [4.69, 9.17) is 4.74 Å². The minimum absolute atomic E-state index is 0.137. The van der Waals surface area contributed by atoms with Gasteiger partial charge in [-0.3, -0.25) is 19.8 Å². The van der Waals surface area contributed by atoms with Crippen molar-refractivity contribution in [3.05, 3.63) is 47.5 Å². The monoisotopic (exact) mass is 336 g/mol. The van der Waals surface area contributed by atoms with Crippen LogP contribution in [-0.4, -0.2) is 34.9 Å². The van der Waals surface area contributed by atoms with Gasteiger partial charge in [0.2, 0.25) is 5.91 Å². The van der Waals surface area contributed by atoms with Crippen LogP contribution in [0.25, 0.3) is 0 Å². The molecule has 1 aromatic rings. The molecule has 0 radical (unpaired) electrons. The van der Waals surface area contributed by atoms with Crippen molar-refractivity contribution in [3.63, 3.8) is 0 Å². The number of nitrogens with zero attached hydrogens (tertiary/aromatic N) is 1. The van der Waals surface area contributed by atoms with E-state index in [2.05, 4.69) is 17.6 Å². The first-order chi connectivity index (χ1) is 12.1. The lowest BCUT2D eigenvalue weighted by Gasteiger charge is -2.19. The van der Waals surface area contributed by atoms with Crippen molar-refractivity contribution in [2.75, 3.05) is 0 Å². The predicted octanol–water partition coefficient (Wildman–Crippen LogP) is 0.542. The van der Waals surface area contributed by atoms with Gasteiger partial charge >= 0.3 is 0 Å². The first-order valence-corrected chi connectivity index (χ1v) is 8.75. The van der Waals surface area contributed by atoms with Crippen molar-refractivity contribution < 1.29 is 19.1 Å². The van der Waals surface area contributed by atoms with Crippen LogP contribution in [0.5, 0.6) is 0 Å². The smallest absolute Gasteiger partial charge is 0.255 e. The van der Waals surface area contributed by atoms with Crippen LogP contribution in [0.15, 0.2) is 36.4 Å². The Bertz CT molecular complexity index is 848. The van der Waals surface area contributed by atoms with Crippen molar-refractivity contribution in [1.29, 1.82) is 0 Å². The van der Waals surface area contributed by atoms with E-state index in [9.17, 15) is 14.4 Å². The first-order valence-electron chi connectivity index (χ1n) is 8.75. The number of fused-ring (bicyclic) bond motifs is 8. The molecule has 25 heavy (non-hydrogen) atoms. The number of rotatable bonds is 2. The number of hydrogen-bond donors (Lipinski definition) is 1. The van der Waals surface area contributed by atoms with Gasteiger partial charge in [0.15, 0.2) is 0 Å². The molecule has 6 nitrogen and oxygen atoms in total. The molecule has 7 unspecified atom stereocenters. The summed E-state index contributed by atoms with van der Waals surface area (Å²) in [6, 6.07) is 8.19. The highest BCUT2D eigenvalue weighted by Gasteiger charge is 2.63. The van der Waals surface area contributed by atoms with Gasteiger partial charge in [-0.05, 0) is 23.5 Å². The molecule has 2 bridgehead atoms. The maximum Gasteiger partial charge on any atom is 0.255 e. The van der Waals surface area contributed by atoms with Crippen molar-refractivity contribution in [2.24, 2.45) is 23.7 Å². The average molecular weight is 336 g/mol. The number of carbonyl (C=O) groups excluding carboxylic acids is 3. The second-order valence-electron chi connectivity index (χ2n) is 7.61. The number of carbonyl (C=O) groups is 3. The van der Waals surface area contributed by atoms with E-state index in [1.54, 1.807) is 0 Å². The van der Waals surface area contributed by atoms with Crippen LogP contribution in [-0.2, 0) is 25.5 Å². The molecule has 5 aliphatic rings. The fourth-order valence-electron chi connectivity index (χ4n) is 5.31. The third-order valence-corrected chi connectivity index (χ3v) is 6.47. The molecule has 7 atom stereocenters. The fraction of sp³-hybridized carbons (Fsp3) is 0.421. The summed E-state index contributed by atoms with van der Waals surface area (Å²) in [5.74, 6) is -1.48. The maximum absolute atomic E-state index is 12.7. The lowest BCUT2D eigenvalue weighted by Crippen LogP contribution is -2.48. The van der Waals surface area contributed by atoms with Crippen LogP contribution in [0.1, 0.15) is 17.0 Å². The molecule has 0 aromatic heterocycles. The second kappa shape index (κ2) is 4.38. The molecular formula is C19H16N2O4. The zero-order chi connectivity index (χ0) is 16.9. The summed E-state index contributed by atoms with van der Waals surface area (Å²) >= 11 is 0. The third-order valence-electron chi connectivity index (χ3n) is 6.47. The maximum atomic E-state index is 12.7. The molecule has 1 saturated carbocycles. The van der Waals surface area contributed by atoms with E-state index < -0.39 is 11.8 Å². The molecule has 6 heteroatoms. The van der Waals surface area contributed by atoms with Gasteiger partial charge in [0.25, 0.3) is 11.8 Å². The quantitative estimate of drug-likeness (QED) is 0.632. The number of nitrogens with one attached hydrogen (secondary N) is 1. The highest BCUT2D eigenvalue weighted by atomic mass is 16.5. The Kier molecular flexibility index (Phi) is 2.41. The molecule has 0 spiro atoms. The zero-order valence-corrected chi connectivity index (χ0v) is 13.3. The van der Waals surface area contributed by atoms with E-state index >= 15 is 0 Å². The molecule has 1 N–H and O–H groups in total. The molecule has 3 fully saturated rings. The normalized spacial score (nSPS) is 41.8. The minimum atomic E-state index is -0.484. The Labute approximate surface area is 143 Å². The second-order valence-corrected chi connectivity index (χ2v) is 7.61. The van der Waals surface area contributed by atoms with Gasteiger partial charge in [0, 0.05) is 5.92 Å². The Morgan fingerprint density at radius 2 is 1.72 bits per heavy atom. The van der Waals surface area contributed by atoms with Crippen LogP contribution in [0, 0.1) is 23.7 Å². The van der Waals surface area contributed by atoms with Gasteiger partial charge in [-0.25, -0.2) is 0 Å². The van der Waals surface area contributed by atoms with Gasteiger partial charge in [-0.1, -0.05) is 36.4 Å². The number of benzene rings is 1. The molecule has 3 amide bonds. The summed E-state index contributed by atoms with van der Waals surface area (Å²) in [5.41, 5.74) is 5.15. The van der Waals surface area contributed by atoms with E-state index in [0.29, 0.717) is 5.92 Å². The van der Waals surface area contributed by atoms with Crippen molar-refractivity contribution in [1.82, 2.24) is 10.4 Å². The van der Waals surface area contributed by atoms with Crippen LogP contribution in [0.4, 0.5) is 0 Å². The van der Waals surface area contributed by atoms with Gasteiger partial charge in [-0.15, -0.1) is 0 Å². The summed E-state index contributed by atoms with van der Waals surface area (Å²) in [6.45, 7) is 0. The summed E-state index contributed by atoms with van der Waals surface area (Å²) in [4.78, 5) is 37.8. The van der Waals surface area contributed by atoms with Gasteiger partial charge < -0.3 is 4.74 Å². The van der Waals surface area contributed by atoms with E-state index in [1.807, 2.05) is 24.3 Å². The van der Waals surface area contributed by atoms with Crippen molar-refractivity contribution in [3.8, 4) is 0 Å².